The van der Waals surface area contributed by atoms with Gasteiger partial charge in [-0.15, -0.1) is 0 Å². The van der Waals surface area contributed by atoms with Gasteiger partial charge < -0.3 is 0 Å². The van der Waals surface area contributed by atoms with Crippen LogP contribution in [0.1, 0.15) is 32.6 Å². The second-order valence-electron chi connectivity index (χ2n) is 3.81. The van der Waals surface area contributed by atoms with E-state index in [4.69, 9.17) is 0 Å². The molecule has 0 spiro atoms. The summed E-state index contributed by atoms with van der Waals surface area (Å²) < 4.78 is 13.4. The van der Waals surface area contributed by atoms with E-state index in [1.165, 1.54) is 6.08 Å². The standard InChI is InChI=1S/C9H14FNO/c1-9(10)4-2-3-8(5-9)6-11-7-12/h8H,2-6H2,1H3. The quantitative estimate of drug-likeness (QED) is 0.462. The molecule has 0 heterocycles. The number of isocyanates is 1. The Bertz CT molecular complexity index is 197. The molecule has 0 aromatic heterocycles. The van der Waals surface area contributed by atoms with Gasteiger partial charge in [-0.25, -0.2) is 14.2 Å². The molecule has 68 valence electrons. The number of halogens is 1. The molecule has 0 amide bonds. The van der Waals surface area contributed by atoms with Crippen LogP contribution in [0.25, 0.3) is 0 Å². The third-order valence-electron chi connectivity index (χ3n) is 2.44. The fraction of sp³-hybridized carbons (Fsp3) is 0.889. The Hall–Kier alpha value is -0.690. The van der Waals surface area contributed by atoms with Gasteiger partial charge in [0.05, 0.1) is 6.54 Å². The number of nitrogens with zero attached hydrogens (tertiary/aromatic N) is 1. The molecule has 0 aromatic rings. The van der Waals surface area contributed by atoms with Crippen LogP contribution in [0.15, 0.2) is 4.99 Å². The molecule has 1 aliphatic carbocycles. The summed E-state index contributed by atoms with van der Waals surface area (Å²) in [6.07, 6.45) is 4.58. The number of rotatable bonds is 2. The maximum Gasteiger partial charge on any atom is 0.234 e. The molecule has 2 unspecified atom stereocenters. The Balaban J connectivity index is 2.41. The van der Waals surface area contributed by atoms with Gasteiger partial charge in [0.25, 0.3) is 0 Å². The molecule has 1 rings (SSSR count). The van der Waals surface area contributed by atoms with E-state index in [2.05, 4.69) is 4.99 Å². The lowest BCUT2D eigenvalue weighted by Crippen LogP contribution is -2.28. The zero-order chi connectivity index (χ0) is 9.03. The predicted octanol–water partition coefficient (Wildman–Crippen LogP) is 2.24. The van der Waals surface area contributed by atoms with Crippen LogP contribution in [0, 0.1) is 5.92 Å². The third-order valence-corrected chi connectivity index (χ3v) is 2.44. The Kier molecular flexibility index (Phi) is 2.99. The van der Waals surface area contributed by atoms with Gasteiger partial charge in [-0.2, -0.15) is 0 Å². The number of hydrogen-bond donors (Lipinski definition) is 0. The first kappa shape index (κ1) is 9.40. The maximum atomic E-state index is 13.4. The first-order valence-electron chi connectivity index (χ1n) is 4.36. The molecule has 1 aliphatic rings. The Morgan fingerprint density at radius 3 is 3.08 bits per heavy atom. The van der Waals surface area contributed by atoms with E-state index in [9.17, 15) is 9.18 Å². The summed E-state index contributed by atoms with van der Waals surface area (Å²) in [5.41, 5.74) is -1.04. The molecule has 1 fully saturated rings. The van der Waals surface area contributed by atoms with Crippen LogP contribution in [0.5, 0.6) is 0 Å². The molecule has 0 N–H and O–H groups in total. The zero-order valence-electron chi connectivity index (χ0n) is 7.35. The smallest absolute Gasteiger partial charge is 0.234 e. The molecular formula is C9H14FNO. The van der Waals surface area contributed by atoms with Crippen molar-refractivity contribution in [1.29, 1.82) is 0 Å². The van der Waals surface area contributed by atoms with Crippen LogP contribution in [0.2, 0.25) is 0 Å². The monoisotopic (exact) mass is 171 g/mol. The Morgan fingerprint density at radius 2 is 2.50 bits per heavy atom. The largest absolute Gasteiger partial charge is 0.244 e. The summed E-state index contributed by atoms with van der Waals surface area (Å²) in [6.45, 7) is 2.08. The van der Waals surface area contributed by atoms with Crippen molar-refractivity contribution in [3.8, 4) is 0 Å². The molecule has 2 atom stereocenters. The van der Waals surface area contributed by atoms with E-state index in [1.807, 2.05) is 0 Å². The molecule has 1 saturated carbocycles. The SMILES string of the molecule is CC1(F)CCCC(CN=C=O)C1. The van der Waals surface area contributed by atoms with Crippen molar-refractivity contribution in [3.05, 3.63) is 0 Å². The summed E-state index contributed by atoms with van der Waals surface area (Å²) in [5.74, 6) is 0.246. The highest BCUT2D eigenvalue weighted by Crippen LogP contribution is 2.34. The van der Waals surface area contributed by atoms with Crippen LogP contribution >= 0.6 is 0 Å². The van der Waals surface area contributed by atoms with E-state index in [0.29, 0.717) is 19.4 Å². The Morgan fingerprint density at radius 1 is 1.75 bits per heavy atom. The average Bonchev–Trinajstić information content (AvgIpc) is 1.99. The molecule has 0 saturated heterocycles. The van der Waals surface area contributed by atoms with Crippen molar-refractivity contribution in [2.24, 2.45) is 10.9 Å². The van der Waals surface area contributed by atoms with E-state index in [1.54, 1.807) is 6.92 Å². The molecule has 2 nitrogen and oxygen atoms in total. The summed E-state index contributed by atoms with van der Waals surface area (Å²) in [5, 5.41) is 0. The van der Waals surface area contributed by atoms with Gasteiger partial charge in [0.1, 0.15) is 5.67 Å². The highest BCUT2D eigenvalue weighted by molar-refractivity contribution is 5.32. The van der Waals surface area contributed by atoms with Gasteiger partial charge in [0.2, 0.25) is 6.08 Å². The van der Waals surface area contributed by atoms with Crippen molar-refractivity contribution >= 4 is 6.08 Å². The van der Waals surface area contributed by atoms with Crippen LogP contribution in [-0.2, 0) is 4.79 Å². The van der Waals surface area contributed by atoms with E-state index < -0.39 is 5.67 Å². The van der Waals surface area contributed by atoms with Gasteiger partial charge in [-0.05, 0) is 38.5 Å². The first-order chi connectivity index (χ1) is 5.64. The predicted molar refractivity (Wildman–Crippen MR) is 44.5 cm³/mol. The van der Waals surface area contributed by atoms with Crippen LogP contribution < -0.4 is 0 Å². The highest BCUT2D eigenvalue weighted by Gasteiger charge is 2.31. The van der Waals surface area contributed by atoms with Crippen molar-refractivity contribution < 1.29 is 9.18 Å². The normalized spacial score (nSPS) is 35.7. The minimum atomic E-state index is -1.04. The number of carbonyl (C=O) groups excluding carboxylic acids is 1. The van der Waals surface area contributed by atoms with E-state index in [0.717, 1.165) is 12.8 Å². The molecule has 3 heteroatoms. The fourth-order valence-electron chi connectivity index (χ4n) is 1.89. The van der Waals surface area contributed by atoms with Gasteiger partial charge in [0, 0.05) is 0 Å². The van der Waals surface area contributed by atoms with Gasteiger partial charge >= 0.3 is 0 Å². The minimum Gasteiger partial charge on any atom is -0.244 e. The molecule has 0 aliphatic heterocycles. The zero-order valence-corrected chi connectivity index (χ0v) is 7.35. The summed E-state index contributed by atoms with van der Waals surface area (Å²) >= 11 is 0. The number of alkyl halides is 1. The minimum absolute atomic E-state index is 0.246. The van der Waals surface area contributed by atoms with Crippen molar-refractivity contribution in [2.75, 3.05) is 6.54 Å². The van der Waals surface area contributed by atoms with Crippen LogP contribution in [0.3, 0.4) is 0 Å². The lowest BCUT2D eigenvalue weighted by atomic mass is 9.80. The van der Waals surface area contributed by atoms with E-state index in [-0.39, 0.29) is 5.92 Å². The van der Waals surface area contributed by atoms with Crippen molar-refractivity contribution in [1.82, 2.24) is 0 Å². The second-order valence-corrected chi connectivity index (χ2v) is 3.81. The molecule has 12 heavy (non-hydrogen) atoms. The lowest BCUT2D eigenvalue weighted by molar-refractivity contribution is 0.0971. The topological polar surface area (TPSA) is 29.4 Å². The summed E-state index contributed by atoms with van der Waals surface area (Å²) in [4.78, 5) is 13.3. The maximum absolute atomic E-state index is 13.4. The molecular weight excluding hydrogens is 157 g/mol. The highest BCUT2D eigenvalue weighted by atomic mass is 19.1. The van der Waals surface area contributed by atoms with Gasteiger partial charge in [-0.3, -0.25) is 0 Å². The van der Waals surface area contributed by atoms with Crippen molar-refractivity contribution in [3.63, 3.8) is 0 Å². The molecule has 0 bridgehead atoms. The van der Waals surface area contributed by atoms with Crippen LogP contribution in [0.4, 0.5) is 4.39 Å². The average molecular weight is 171 g/mol. The van der Waals surface area contributed by atoms with Crippen LogP contribution in [-0.4, -0.2) is 18.3 Å². The Labute approximate surface area is 71.9 Å². The van der Waals surface area contributed by atoms with E-state index >= 15 is 0 Å². The van der Waals surface area contributed by atoms with Crippen molar-refractivity contribution in [2.45, 2.75) is 38.3 Å². The molecule has 0 aromatic carbocycles. The number of aliphatic imine (C=N–C) groups is 1. The number of hydrogen-bond acceptors (Lipinski definition) is 2. The van der Waals surface area contributed by atoms with Gasteiger partial charge in [-0.1, -0.05) is 0 Å². The van der Waals surface area contributed by atoms with Gasteiger partial charge in [0.15, 0.2) is 0 Å². The third kappa shape index (κ3) is 2.74. The summed E-state index contributed by atoms with van der Waals surface area (Å²) in [6, 6.07) is 0. The fourth-order valence-corrected chi connectivity index (χ4v) is 1.89. The summed E-state index contributed by atoms with van der Waals surface area (Å²) in [7, 11) is 0. The first-order valence-corrected chi connectivity index (χ1v) is 4.36. The lowest BCUT2D eigenvalue weighted by Gasteiger charge is -2.30. The molecule has 0 radical (unpaired) electrons. The second kappa shape index (κ2) is 3.81.